The molecule has 5 N–H and O–H groups in total. The lowest BCUT2D eigenvalue weighted by atomic mass is 10.1. The first-order valence-electron chi connectivity index (χ1n) is 7.47. The first kappa shape index (κ1) is 17.8. The molecule has 2 aromatic carbocycles. The maximum Gasteiger partial charge on any atom is 0.295 e. The number of carbonyl (C=O) groups excluding carboxylic acids is 2. The fourth-order valence-corrected chi connectivity index (χ4v) is 3.34. The Bertz CT molecular complexity index is 1150. The number of rotatable bonds is 4. The summed E-state index contributed by atoms with van der Waals surface area (Å²) in [7, 11) is -4.56. The zero-order valence-corrected chi connectivity index (χ0v) is 14.4. The van der Waals surface area contributed by atoms with Gasteiger partial charge in [-0.3, -0.25) is 19.6 Å². The second kappa shape index (κ2) is 6.37. The van der Waals surface area contributed by atoms with Crippen LogP contribution in [0.1, 0.15) is 32.0 Å². The Morgan fingerprint density at radius 3 is 2.50 bits per heavy atom. The molecule has 0 spiro atoms. The first-order chi connectivity index (χ1) is 12.2. The maximum atomic E-state index is 12.8. The van der Waals surface area contributed by atoms with Gasteiger partial charge in [0.2, 0.25) is 5.78 Å². The minimum Gasteiger partial charge on any atom is -0.352 e. The topological polar surface area (TPSA) is 142 Å². The van der Waals surface area contributed by atoms with E-state index in [1.54, 1.807) is 19.1 Å². The number of H-pyrrole nitrogens is 1. The minimum atomic E-state index is -4.56. The third kappa shape index (κ3) is 3.23. The van der Waals surface area contributed by atoms with Crippen molar-refractivity contribution in [3.05, 3.63) is 64.8 Å². The van der Waals surface area contributed by atoms with Crippen molar-refractivity contribution in [2.45, 2.75) is 11.8 Å². The third-order valence-corrected chi connectivity index (χ3v) is 4.83. The van der Waals surface area contributed by atoms with Crippen molar-refractivity contribution < 1.29 is 22.6 Å². The molecule has 8 nitrogen and oxygen atoms in total. The highest BCUT2D eigenvalue weighted by Crippen LogP contribution is 2.23. The SMILES string of the molecule is Cc1ccc(S(=O)(=O)O)c(C(=O)c2cc3cc(C(=O)NN)ccc3[nH]2)c1. The molecule has 0 saturated carbocycles. The number of aromatic amines is 1. The molecule has 0 aliphatic heterocycles. The number of nitrogen functional groups attached to an aromatic ring is 1. The second-order valence-electron chi connectivity index (χ2n) is 5.76. The van der Waals surface area contributed by atoms with Crippen molar-refractivity contribution in [3.8, 4) is 0 Å². The molecule has 0 fully saturated rings. The molecule has 0 aliphatic carbocycles. The van der Waals surface area contributed by atoms with Crippen molar-refractivity contribution in [1.82, 2.24) is 10.4 Å². The molecule has 26 heavy (non-hydrogen) atoms. The van der Waals surface area contributed by atoms with Crippen LogP contribution in [0.3, 0.4) is 0 Å². The van der Waals surface area contributed by atoms with Gasteiger partial charge in [-0.05, 0) is 43.3 Å². The summed E-state index contributed by atoms with van der Waals surface area (Å²) in [5, 5.41) is 0.579. The number of benzene rings is 2. The largest absolute Gasteiger partial charge is 0.352 e. The normalized spacial score (nSPS) is 11.5. The van der Waals surface area contributed by atoms with Gasteiger partial charge in [-0.1, -0.05) is 11.6 Å². The molecule has 0 atom stereocenters. The van der Waals surface area contributed by atoms with E-state index in [-0.39, 0.29) is 11.3 Å². The molecular formula is C17H15N3O5S. The lowest BCUT2D eigenvalue weighted by Gasteiger charge is -2.06. The number of amides is 1. The van der Waals surface area contributed by atoms with Crippen molar-refractivity contribution in [3.63, 3.8) is 0 Å². The summed E-state index contributed by atoms with van der Waals surface area (Å²) >= 11 is 0. The van der Waals surface area contributed by atoms with Crippen molar-refractivity contribution in [2.75, 3.05) is 0 Å². The number of hydrogen-bond donors (Lipinski definition) is 4. The highest BCUT2D eigenvalue weighted by Gasteiger charge is 2.23. The Morgan fingerprint density at radius 2 is 1.85 bits per heavy atom. The van der Waals surface area contributed by atoms with Crippen LogP contribution in [-0.4, -0.2) is 29.6 Å². The molecule has 1 aromatic heterocycles. The number of nitrogens with two attached hydrogens (primary N) is 1. The van der Waals surface area contributed by atoms with Crippen LogP contribution in [0.25, 0.3) is 10.9 Å². The van der Waals surface area contributed by atoms with Crippen LogP contribution in [0, 0.1) is 6.92 Å². The Labute approximate surface area is 148 Å². The molecule has 0 aliphatic rings. The van der Waals surface area contributed by atoms with Gasteiger partial charge in [-0.2, -0.15) is 8.42 Å². The van der Waals surface area contributed by atoms with Gasteiger partial charge in [0.05, 0.1) is 5.69 Å². The monoisotopic (exact) mass is 373 g/mol. The molecule has 9 heteroatoms. The molecule has 1 amide bonds. The zero-order valence-electron chi connectivity index (χ0n) is 13.6. The fourth-order valence-electron chi connectivity index (χ4n) is 2.67. The van der Waals surface area contributed by atoms with E-state index in [1.165, 1.54) is 30.3 Å². The van der Waals surface area contributed by atoms with Crippen LogP contribution in [0.5, 0.6) is 0 Å². The van der Waals surface area contributed by atoms with Crippen LogP contribution in [-0.2, 0) is 10.1 Å². The molecule has 3 aromatic rings. The van der Waals surface area contributed by atoms with E-state index in [9.17, 15) is 22.6 Å². The standard InChI is InChI=1S/C17H15N3O5S/c1-9-2-5-15(26(23,24)25)12(6-9)16(21)14-8-11-7-10(17(22)20-18)3-4-13(11)19-14/h2-8,19H,18H2,1H3,(H,20,22)(H,23,24,25). The van der Waals surface area contributed by atoms with Gasteiger partial charge in [-0.15, -0.1) is 0 Å². The quantitative estimate of drug-likeness (QED) is 0.180. The lowest BCUT2D eigenvalue weighted by molar-refractivity contribution is 0.0953. The van der Waals surface area contributed by atoms with Crippen LogP contribution >= 0.6 is 0 Å². The van der Waals surface area contributed by atoms with E-state index < -0.39 is 26.7 Å². The number of hydrogen-bond acceptors (Lipinski definition) is 5. The van der Waals surface area contributed by atoms with Gasteiger partial charge >= 0.3 is 0 Å². The smallest absolute Gasteiger partial charge is 0.295 e. The summed E-state index contributed by atoms with van der Waals surface area (Å²) in [5.74, 6) is 4.03. The zero-order chi connectivity index (χ0) is 19.1. The van der Waals surface area contributed by atoms with E-state index in [2.05, 4.69) is 4.98 Å². The van der Waals surface area contributed by atoms with E-state index in [4.69, 9.17) is 5.84 Å². The van der Waals surface area contributed by atoms with E-state index >= 15 is 0 Å². The average Bonchev–Trinajstić information content (AvgIpc) is 3.02. The summed E-state index contributed by atoms with van der Waals surface area (Å²) in [6, 6.07) is 10.3. The predicted molar refractivity (Wildman–Crippen MR) is 94.4 cm³/mol. The first-order valence-corrected chi connectivity index (χ1v) is 8.91. The molecule has 0 unspecified atom stereocenters. The Hall–Kier alpha value is -3.01. The number of carbonyl (C=O) groups is 2. The van der Waals surface area contributed by atoms with Gasteiger partial charge in [0, 0.05) is 22.0 Å². The summed E-state index contributed by atoms with van der Waals surface area (Å²) in [6.45, 7) is 1.70. The van der Waals surface area contributed by atoms with Crippen molar-refractivity contribution in [1.29, 1.82) is 0 Å². The Balaban J connectivity index is 2.11. The fraction of sp³-hybridized carbons (Fsp3) is 0.0588. The van der Waals surface area contributed by atoms with Gasteiger partial charge in [0.1, 0.15) is 4.90 Å². The predicted octanol–water partition coefficient (Wildman–Crippen LogP) is 1.56. The van der Waals surface area contributed by atoms with Gasteiger partial charge < -0.3 is 4.98 Å². The number of nitrogens with one attached hydrogen (secondary N) is 2. The van der Waals surface area contributed by atoms with E-state index in [0.29, 0.717) is 22.0 Å². The van der Waals surface area contributed by atoms with Gasteiger partial charge in [0.25, 0.3) is 16.0 Å². The minimum absolute atomic E-state index is 0.126. The molecular weight excluding hydrogens is 358 g/mol. The van der Waals surface area contributed by atoms with Gasteiger partial charge in [0.15, 0.2) is 0 Å². The molecule has 134 valence electrons. The summed E-state index contributed by atoms with van der Waals surface area (Å²) in [4.78, 5) is 26.8. The summed E-state index contributed by atoms with van der Waals surface area (Å²) in [5.41, 5.74) is 3.57. The second-order valence-corrected chi connectivity index (χ2v) is 7.15. The van der Waals surface area contributed by atoms with Crippen molar-refractivity contribution >= 4 is 32.7 Å². The maximum absolute atomic E-state index is 12.8. The van der Waals surface area contributed by atoms with Crippen LogP contribution < -0.4 is 11.3 Å². The lowest BCUT2D eigenvalue weighted by Crippen LogP contribution is -2.29. The third-order valence-electron chi connectivity index (χ3n) is 3.92. The highest BCUT2D eigenvalue weighted by atomic mass is 32.2. The molecule has 0 bridgehead atoms. The summed E-state index contributed by atoms with van der Waals surface area (Å²) < 4.78 is 32.5. The molecule has 3 rings (SSSR count). The van der Waals surface area contributed by atoms with Crippen LogP contribution in [0.2, 0.25) is 0 Å². The van der Waals surface area contributed by atoms with E-state index in [1.807, 2.05) is 5.43 Å². The highest BCUT2D eigenvalue weighted by molar-refractivity contribution is 7.86. The van der Waals surface area contributed by atoms with Crippen LogP contribution in [0.4, 0.5) is 0 Å². The molecule has 0 radical (unpaired) electrons. The van der Waals surface area contributed by atoms with E-state index in [0.717, 1.165) is 0 Å². The number of ketones is 1. The van der Waals surface area contributed by atoms with Crippen molar-refractivity contribution in [2.24, 2.45) is 5.84 Å². The van der Waals surface area contributed by atoms with Crippen LogP contribution in [0.15, 0.2) is 47.4 Å². The Morgan fingerprint density at radius 1 is 1.12 bits per heavy atom. The number of aromatic nitrogens is 1. The summed E-state index contributed by atoms with van der Waals surface area (Å²) in [6.07, 6.45) is 0. The number of fused-ring (bicyclic) bond motifs is 1. The number of aryl methyl sites for hydroxylation is 1. The molecule has 1 heterocycles. The Kier molecular flexibility index (Phi) is 4.36. The van der Waals surface area contributed by atoms with Gasteiger partial charge in [-0.25, -0.2) is 5.84 Å². The molecule has 0 saturated heterocycles. The number of hydrazine groups is 1. The average molecular weight is 373 g/mol.